The van der Waals surface area contributed by atoms with E-state index in [1.54, 1.807) is 6.07 Å². The standard InChI is InChI=1S/C23H25F3N4O2/c24-23(25,26)20(17-10-27-12-28-11-17)29-19-6-16(21(31)32)1-2-18(19)30-22-7-13-3-14(8-22)5-15(4-13)9-22/h1-2,6,10-15,20,29-30H,3-5,7-9H2,(H,31,32). The first-order valence-electron chi connectivity index (χ1n) is 10.9. The first-order chi connectivity index (χ1) is 15.2. The Morgan fingerprint density at radius 2 is 1.62 bits per heavy atom. The van der Waals surface area contributed by atoms with Crippen LogP contribution in [0.2, 0.25) is 0 Å². The number of hydrogen-bond donors (Lipinski definition) is 3. The Kier molecular flexibility index (Phi) is 5.02. The Bertz CT molecular complexity index is 977. The van der Waals surface area contributed by atoms with Gasteiger partial charge in [0, 0.05) is 23.5 Å². The summed E-state index contributed by atoms with van der Waals surface area (Å²) in [4.78, 5) is 19.0. The molecule has 170 valence electrons. The summed E-state index contributed by atoms with van der Waals surface area (Å²) < 4.78 is 41.8. The number of anilines is 2. The van der Waals surface area contributed by atoms with E-state index >= 15 is 0 Å². The van der Waals surface area contributed by atoms with Crippen LogP contribution in [0.1, 0.15) is 60.5 Å². The topological polar surface area (TPSA) is 87.1 Å². The largest absolute Gasteiger partial charge is 0.478 e. The lowest BCUT2D eigenvalue weighted by Gasteiger charge is -2.57. The lowest BCUT2D eigenvalue weighted by molar-refractivity contribution is -0.144. The molecule has 0 amide bonds. The van der Waals surface area contributed by atoms with Crippen molar-refractivity contribution < 1.29 is 23.1 Å². The summed E-state index contributed by atoms with van der Waals surface area (Å²) in [5, 5.41) is 15.5. The van der Waals surface area contributed by atoms with Crippen LogP contribution < -0.4 is 10.6 Å². The molecule has 4 bridgehead atoms. The third kappa shape index (κ3) is 4.00. The zero-order chi connectivity index (χ0) is 22.5. The van der Waals surface area contributed by atoms with Crippen LogP contribution in [0, 0.1) is 17.8 Å². The van der Waals surface area contributed by atoms with Gasteiger partial charge in [0.15, 0.2) is 6.04 Å². The molecule has 4 saturated carbocycles. The van der Waals surface area contributed by atoms with Crippen molar-refractivity contribution in [3.05, 3.63) is 48.0 Å². The number of alkyl halides is 3. The fourth-order valence-electron chi connectivity index (χ4n) is 6.42. The van der Waals surface area contributed by atoms with Crippen molar-refractivity contribution in [1.29, 1.82) is 0 Å². The van der Waals surface area contributed by atoms with Crippen LogP contribution in [0.3, 0.4) is 0 Å². The van der Waals surface area contributed by atoms with E-state index in [0.29, 0.717) is 23.4 Å². The summed E-state index contributed by atoms with van der Waals surface area (Å²) in [5.74, 6) is 0.787. The summed E-state index contributed by atoms with van der Waals surface area (Å²) in [6.45, 7) is 0. The Balaban J connectivity index is 1.49. The van der Waals surface area contributed by atoms with Crippen molar-refractivity contribution >= 4 is 17.3 Å². The highest BCUT2D eigenvalue weighted by Crippen LogP contribution is 2.57. The molecule has 4 aliphatic carbocycles. The molecule has 0 saturated heterocycles. The molecule has 0 radical (unpaired) electrons. The number of halogens is 3. The molecule has 1 atom stereocenters. The predicted molar refractivity (Wildman–Crippen MR) is 112 cm³/mol. The van der Waals surface area contributed by atoms with E-state index < -0.39 is 18.2 Å². The molecule has 0 spiro atoms. The van der Waals surface area contributed by atoms with Crippen LogP contribution in [-0.4, -0.2) is 32.8 Å². The second kappa shape index (κ2) is 7.64. The molecule has 1 aromatic heterocycles. The second-order valence-corrected chi connectivity index (χ2v) is 9.68. The molecular formula is C23H25F3N4O2. The van der Waals surface area contributed by atoms with Gasteiger partial charge in [0.25, 0.3) is 0 Å². The number of aromatic nitrogens is 2. The smallest absolute Gasteiger partial charge is 0.412 e. The zero-order valence-corrected chi connectivity index (χ0v) is 17.4. The summed E-state index contributed by atoms with van der Waals surface area (Å²) in [6.07, 6.45) is 5.54. The average molecular weight is 446 g/mol. The number of nitrogens with zero attached hydrogens (tertiary/aromatic N) is 2. The van der Waals surface area contributed by atoms with Gasteiger partial charge in [-0.2, -0.15) is 13.2 Å². The van der Waals surface area contributed by atoms with E-state index in [1.807, 2.05) is 0 Å². The lowest BCUT2D eigenvalue weighted by atomic mass is 9.53. The predicted octanol–water partition coefficient (Wildman–Crippen LogP) is 5.27. The van der Waals surface area contributed by atoms with Crippen LogP contribution in [0.25, 0.3) is 0 Å². The molecule has 3 N–H and O–H groups in total. The highest BCUT2D eigenvalue weighted by molar-refractivity contribution is 5.91. The number of carbonyl (C=O) groups is 1. The number of hydrogen-bond acceptors (Lipinski definition) is 5. The number of rotatable bonds is 6. The molecule has 4 aliphatic rings. The number of nitrogens with one attached hydrogen (secondary N) is 2. The molecule has 6 rings (SSSR count). The maximum atomic E-state index is 13.9. The average Bonchev–Trinajstić information content (AvgIpc) is 2.71. The van der Waals surface area contributed by atoms with Gasteiger partial charge in [-0.25, -0.2) is 14.8 Å². The summed E-state index contributed by atoms with van der Waals surface area (Å²) in [5.41, 5.74) is 0.268. The Hall–Kier alpha value is -2.84. The molecule has 4 fully saturated rings. The second-order valence-electron chi connectivity index (χ2n) is 9.68. The Labute approximate surface area is 183 Å². The van der Waals surface area contributed by atoms with Gasteiger partial charge >= 0.3 is 12.1 Å². The van der Waals surface area contributed by atoms with E-state index in [2.05, 4.69) is 20.6 Å². The number of carboxylic acids is 1. The van der Waals surface area contributed by atoms with Gasteiger partial charge in [-0.1, -0.05) is 0 Å². The number of benzene rings is 1. The van der Waals surface area contributed by atoms with Gasteiger partial charge in [-0.15, -0.1) is 0 Å². The minimum atomic E-state index is -4.62. The minimum absolute atomic E-state index is 0.0752. The highest BCUT2D eigenvalue weighted by Gasteiger charge is 2.51. The van der Waals surface area contributed by atoms with Gasteiger partial charge in [0.05, 0.1) is 16.9 Å². The quantitative estimate of drug-likeness (QED) is 0.560. The molecule has 6 nitrogen and oxygen atoms in total. The van der Waals surface area contributed by atoms with Crippen molar-refractivity contribution in [3.63, 3.8) is 0 Å². The number of carboxylic acid groups (broad SMARTS) is 1. The van der Waals surface area contributed by atoms with Crippen molar-refractivity contribution in [3.8, 4) is 0 Å². The van der Waals surface area contributed by atoms with Crippen LogP contribution in [0.4, 0.5) is 24.5 Å². The Morgan fingerprint density at radius 3 is 2.16 bits per heavy atom. The molecular weight excluding hydrogens is 421 g/mol. The summed E-state index contributed by atoms with van der Waals surface area (Å²) in [6, 6.07) is 2.22. The van der Waals surface area contributed by atoms with Gasteiger partial charge in [-0.3, -0.25) is 0 Å². The SMILES string of the molecule is O=C(O)c1ccc(NC23CC4CC(CC(C4)C2)C3)c(NC(c2cncnc2)C(F)(F)F)c1. The fourth-order valence-corrected chi connectivity index (χ4v) is 6.42. The maximum absolute atomic E-state index is 13.9. The van der Waals surface area contributed by atoms with Crippen LogP contribution in [0.5, 0.6) is 0 Å². The van der Waals surface area contributed by atoms with E-state index in [-0.39, 0.29) is 22.4 Å². The van der Waals surface area contributed by atoms with Gasteiger partial charge in [-0.05, 0) is 74.5 Å². The van der Waals surface area contributed by atoms with Crippen molar-refractivity contribution in [2.24, 2.45) is 17.8 Å². The third-order valence-corrected chi connectivity index (χ3v) is 7.25. The van der Waals surface area contributed by atoms with Crippen LogP contribution >= 0.6 is 0 Å². The molecule has 1 heterocycles. The van der Waals surface area contributed by atoms with E-state index in [4.69, 9.17) is 0 Å². The molecule has 1 unspecified atom stereocenters. The zero-order valence-electron chi connectivity index (χ0n) is 17.4. The molecule has 9 heteroatoms. The first-order valence-corrected chi connectivity index (χ1v) is 10.9. The van der Waals surface area contributed by atoms with Crippen molar-refractivity contribution in [2.75, 3.05) is 10.6 Å². The van der Waals surface area contributed by atoms with Gasteiger partial charge in [0.2, 0.25) is 0 Å². The molecule has 1 aromatic carbocycles. The normalized spacial score (nSPS) is 29.5. The minimum Gasteiger partial charge on any atom is -0.478 e. The molecule has 2 aromatic rings. The van der Waals surface area contributed by atoms with Crippen molar-refractivity contribution in [2.45, 2.75) is 56.3 Å². The summed E-state index contributed by atoms with van der Waals surface area (Å²) >= 11 is 0. The third-order valence-electron chi connectivity index (χ3n) is 7.25. The maximum Gasteiger partial charge on any atom is 0.412 e. The molecule has 32 heavy (non-hydrogen) atoms. The van der Waals surface area contributed by atoms with E-state index in [9.17, 15) is 23.1 Å². The van der Waals surface area contributed by atoms with Crippen molar-refractivity contribution in [1.82, 2.24) is 9.97 Å². The Morgan fingerprint density at radius 1 is 1.03 bits per heavy atom. The van der Waals surface area contributed by atoms with E-state index in [0.717, 1.165) is 31.7 Å². The fraction of sp³-hybridized carbons (Fsp3) is 0.522. The molecule has 0 aliphatic heterocycles. The van der Waals surface area contributed by atoms with Crippen LogP contribution in [0.15, 0.2) is 36.9 Å². The lowest BCUT2D eigenvalue weighted by Crippen LogP contribution is -2.54. The highest BCUT2D eigenvalue weighted by atomic mass is 19.4. The van der Waals surface area contributed by atoms with Gasteiger partial charge in [0.1, 0.15) is 6.33 Å². The summed E-state index contributed by atoms with van der Waals surface area (Å²) in [7, 11) is 0. The van der Waals surface area contributed by atoms with E-state index in [1.165, 1.54) is 37.7 Å². The number of aromatic carboxylic acids is 1. The first kappa shape index (κ1) is 21.0. The van der Waals surface area contributed by atoms with Gasteiger partial charge < -0.3 is 15.7 Å². The van der Waals surface area contributed by atoms with Crippen LogP contribution in [-0.2, 0) is 0 Å². The monoisotopic (exact) mass is 446 g/mol.